The Morgan fingerprint density at radius 3 is 3.00 bits per heavy atom. The van der Waals surface area contributed by atoms with Gasteiger partial charge in [0.2, 0.25) is 0 Å². The van der Waals surface area contributed by atoms with E-state index in [4.69, 9.17) is 15.9 Å². The lowest BCUT2D eigenvalue weighted by atomic mass is 9.88. The van der Waals surface area contributed by atoms with Crippen LogP contribution >= 0.6 is 0 Å². The molecular formula is C12H20N2O2. The second-order valence-corrected chi connectivity index (χ2v) is 4.95. The molecular weight excluding hydrogens is 204 g/mol. The van der Waals surface area contributed by atoms with Gasteiger partial charge in [0.1, 0.15) is 6.10 Å². The van der Waals surface area contributed by atoms with E-state index >= 15 is 0 Å². The van der Waals surface area contributed by atoms with Gasteiger partial charge < -0.3 is 10.5 Å². The average molecular weight is 224 g/mol. The second-order valence-electron chi connectivity index (χ2n) is 4.95. The fraction of sp³-hybridized carbons (Fsp3) is 0.833. The summed E-state index contributed by atoms with van der Waals surface area (Å²) in [6.45, 7) is 0. The Hall–Kier alpha value is -1.06. The molecule has 16 heavy (non-hydrogen) atoms. The molecule has 3 N–H and O–H groups in total. The van der Waals surface area contributed by atoms with Crippen LogP contribution in [0.3, 0.4) is 0 Å². The summed E-state index contributed by atoms with van der Waals surface area (Å²) in [6, 6.07) is 0. The molecule has 1 aliphatic heterocycles. The van der Waals surface area contributed by atoms with E-state index in [9.17, 15) is 4.79 Å². The summed E-state index contributed by atoms with van der Waals surface area (Å²) in [5.41, 5.74) is 5.29. The first-order valence-electron chi connectivity index (χ1n) is 6.22. The summed E-state index contributed by atoms with van der Waals surface area (Å²) in [6.07, 6.45) is 7.06. The highest BCUT2D eigenvalue weighted by molar-refractivity contribution is 5.77. The molecule has 3 atom stereocenters. The van der Waals surface area contributed by atoms with Crippen molar-refractivity contribution in [3.05, 3.63) is 0 Å². The van der Waals surface area contributed by atoms with Gasteiger partial charge in [-0.15, -0.1) is 0 Å². The van der Waals surface area contributed by atoms with E-state index in [2.05, 4.69) is 0 Å². The van der Waals surface area contributed by atoms with E-state index in [-0.39, 0.29) is 23.8 Å². The molecule has 0 amide bonds. The summed E-state index contributed by atoms with van der Waals surface area (Å²) in [5.74, 6) is 0.856. The van der Waals surface area contributed by atoms with Crippen LogP contribution in [0.2, 0.25) is 0 Å². The molecule has 4 heteroatoms. The molecule has 0 spiro atoms. The Morgan fingerprint density at radius 2 is 2.25 bits per heavy atom. The third-order valence-electron chi connectivity index (χ3n) is 3.80. The normalized spacial score (nSPS) is 32.5. The Balaban J connectivity index is 1.76. The number of carbonyl (C=O) groups excluding carboxylic acids is 1. The summed E-state index contributed by atoms with van der Waals surface area (Å²) in [7, 11) is 0. The maximum absolute atomic E-state index is 11.6. The van der Waals surface area contributed by atoms with Crippen molar-refractivity contribution in [1.82, 2.24) is 0 Å². The lowest BCUT2D eigenvalue weighted by Gasteiger charge is -2.12. The fourth-order valence-corrected chi connectivity index (χ4v) is 2.98. The molecule has 0 aromatic carbocycles. The lowest BCUT2D eigenvalue weighted by Crippen LogP contribution is -2.16. The topological polar surface area (TPSA) is 76.2 Å². The van der Waals surface area contributed by atoms with Crippen molar-refractivity contribution >= 4 is 11.8 Å². The summed E-state index contributed by atoms with van der Waals surface area (Å²) in [5, 5.41) is 7.13. The molecule has 0 aromatic rings. The minimum Gasteiger partial charge on any atom is -0.462 e. The largest absolute Gasteiger partial charge is 0.462 e. The van der Waals surface area contributed by atoms with Crippen molar-refractivity contribution in [2.75, 3.05) is 0 Å². The number of nitrogens with one attached hydrogen (secondary N) is 1. The zero-order valence-electron chi connectivity index (χ0n) is 9.58. The first-order chi connectivity index (χ1) is 7.68. The number of unbranched alkanes of at least 4 members (excludes halogenated alkanes) is 1. The molecule has 1 saturated heterocycles. The predicted molar refractivity (Wildman–Crippen MR) is 61.1 cm³/mol. The van der Waals surface area contributed by atoms with Crippen molar-refractivity contribution in [2.45, 2.75) is 51.0 Å². The smallest absolute Gasteiger partial charge is 0.309 e. The standard InChI is InChI=1S/C12H20N2O2/c13-11(14)7-2-1-4-9-8-5-3-6-10(8)16-12(9)15/h8-10H,1-7H2,(H3,13,14)/t8-,9-,10+/m1/s1. The Kier molecular flexibility index (Phi) is 3.46. The van der Waals surface area contributed by atoms with Crippen LogP contribution in [0.1, 0.15) is 44.9 Å². The maximum atomic E-state index is 11.6. The van der Waals surface area contributed by atoms with E-state index in [0.29, 0.717) is 12.3 Å². The molecule has 1 heterocycles. The first-order valence-corrected chi connectivity index (χ1v) is 6.22. The average Bonchev–Trinajstić information content (AvgIpc) is 2.74. The lowest BCUT2D eigenvalue weighted by molar-refractivity contribution is -0.144. The number of hydrogen-bond acceptors (Lipinski definition) is 3. The Labute approximate surface area is 96.0 Å². The zero-order valence-corrected chi connectivity index (χ0v) is 9.58. The molecule has 2 rings (SSSR count). The molecule has 0 aromatic heterocycles. The predicted octanol–water partition coefficient (Wildman–Crippen LogP) is 1.82. The number of nitrogens with two attached hydrogens (primary N) is 1. The van der Waals surface area contributed by atoms with Gasteiger partial charge in [0.05, 0.1) is 11.8 Å². The summed E-state index contributed by atoms with van der Waals surface area (Å²) >= 11 is 0. The van der Waals surface area contributed by atoms with E-state index < -0.39 is 0 Å². The fourth-order valence-electron chi connectivity index (χ4n) is 2.98. The number of fused-ring (bicyclic) bond motifs is 1. The van der Waals surface area contributed by atoms with E-state index in [1.54, 1.807) is 0 Å². The second kappa shape index (κ2) is 4.85. The number of ether oxygens (including phenoxy) is 1. The minimum atomic E-state index is 0.0116. The van der Waals surface area contributed by atoms with Gasteiger partial charge in [-0.25, -0.2) is 0 Å². The van der Waals surface area contributed by atoms with Gasteiger partial charge in [-0.1, -0.05) is 6.42 Å². The number of hydrogen-bond donors (Lipinski definition) is 2. The van der Waals surface area contributed by atoms with Crippen molar-refractivity contribution in [2.24, 2.45) is 17.6 Å². The highest BCUT2D eigenvalue weighted by atomic mass is 16.6. The molecule has 1 aliphatic carbocycles. The van der Waals surface area contributed by atoms with Crippen molar-refractivity contribution in [1.29, 1.82) is 5.41 Å². The quantitative estimate of drug-likeness (QED) is 0.324. The van der Waals surface area contributed by atoms with E-state index in [1.807, 2.05) is 0 Å². The number of rotatable bonds is 5. The van der Waals surface area contributed by atoms with Crippen LogP contribution in [-0.4, -0.2) is 17.9 Å². The number of amidine groups is 1. The third-order valence-corrected chi connectivity index (χ3v) is 3.80. The number of carbonyl (C=O) groups is 1. The molecule has 2 aliphatic rings. The van der Waals surface area contributed by atoms with Crippen molar-refractivity contribution in [3.8, 4) is 0 Å². The van der Waals surface area contributed by atoms with Gasteiger partial charge in [-0.05, 0) is 32.1 Å². The summed E-state index contributed by atoms with van der Waals surface area (Å²) in [4.78, 5) is 11.6. The SMILES string of the molecule is N=C(N)CCCC[C@H]1C(=O)O[C@H]2CCC[C@@H]21. The van der Waals surface area contributed by atoms with Crippen LogP contribution in [0.4, 0.5) is 0 Å². The highest BCUT2D eigenvalue weighted by Gasteiger charge is 2.46. The van der Waals surface area contributed by atoms with Crippen LogP contribution < -0.4 is 5.73 Å². The van der Waals surface area contributed by atoms with E-state index in [0.717, 1.165) is 32.1 Å². The van der Waals surface area contributed by atoms with Crippen LogP contribution in [0, 0.1) is 17.2 Å². The molecule has 0 bridgehead atoms. The highest BCUT2D eigenvalue weighted by Crippen LogP contribution is 2.42. The van der Waals surface area contributed by atoms with Crippen molar-refractivity contribution < 1.29 is 9.53 Å². The molecule has 90 valence electrons. The van der Waals surface area contributed by atoms with Crippen LogP contribution in [0.15, 0.2) is 0 Å². The zero-order chi connectivity index (χ0) is 11.5. The van der Waals surface area contributed by atoms with Gasteiger partial charge in [-0.2, -0.15) is 0 Å². The Morgan fingerprint density at radius 1 is 1.44 bits per heavy atom. The monoisotopic (exact) mass is 224 g/mol. The number of esters is 1. The van der Waals surface area contributed by atoms with Gasteiger partial charge >= 0.3 is 5.97 Å². The van der Waals surface area contributed by atoms with E-state index in [1.165, 1.54) is 6.42 Å². The first kappa shape index (κ1) is 11.4. The molecule has 0 unspecified atom stereocenters. The minimum absolute atomic E-state index is 0.0116. The Bertz CT molecular complexity index is 291. The van der Waals surface area contributed by atoms with Gasteiger partial charge in [0.25, 0.3) is 0 Å². The van der Waals surface area contributed by atoms with Gasteiger partial charge in [0.15, 0.2) is 0 Å². The molecule has 1 saturated carbocycles. The van der Waals surface area contributed by atoms with Crippen LogP contribution in [-0.2, 0) is 9.53 Å². The maximum Gasteiger partial charge on any atom is 0.309 e. The summed E-state index contributed by atoms with van der Waals surface area (Å²) < 4.78 is 5.37. The van der Waals surface area contributed by atoms with Crippen LogP contribution in [0.25, 0.3) is 0 Å². The molecule has 2 fully saturated rings. The van der Waals surface area contributed by atoms with Crippen LogP contribution in [0.5, 0.6) is 0 Å². The van der Waals surface area contributed by atoms with Gasteiger partial charge in [0, 0.05) is 12.3 Å². The van der Waals surface area contributed by atoms with Crippen molar-refractivity contribution in [3.63, 3.8) is 0 Å². The molecule has 4 nitrogen and oxygen atoms in total. The van der Waals surface area contributed by atoms with Gasteiger partial charge in [-0.3, -0.25) is 10.2 Å². The molecule has 0 radical (unpaired) electrons. The third kappa shape index (κ3) is 2.36.